The number of rotatable bonds is 3. The minimum absolute atomic E-state index is 0.748. The molecule has 1 aromatic carbocycles. The summed E-state index contributed by atoms with van der Waals surface area (Å²) in [6, 6.07) is 8.18. The zero-order chi connectivity index (χ0) is 13.1. The van der Waals surface area contributed by atoms with Gasteiger partial charge in [0.25, 0.3) is 0 Å². The normalized spacial score (nSPS) is 10.2. The second-order valence-electron chi connectivity index (χ2n) is 3.98. The Morgan fingerprint density at radius 1 is 1.11 bits per heavy atom. The van der Waals surface area contributed by atoms with Crippen LogP contribution in [0.5, 0.6) is 0 Å². The number of nitrogens with zero attached hydrogens (tertiary/aromatic N) is 2. The Morgan fingerprint density at radius 2 is 1.83 bits per heavy atom. The smallest absolute Gasteiger partial charge is 0.139 e. The van der Waals surface area contributed by atoms with Crippen LogP contribution in [0.1, 0.15) is 11.4 Å². The van der Waals surface area contributed by atoms with Crippen LogP contribution in [0.2, 0.25) is 0 Å². The molecule has 0 aliphatic carbocycles. The van der Waals surface area contributed by atoms with E-state index in [0.29, 0.717) is 0 Å². The third kappa shape index (κ3) is 2.90. The second-order valence-corrected chi connectivity index (χ2v) is 5.22. The number of nitrogens with one attached hydrogen (secondary N) is 2. The van der Waals surface area contributed by atoms with Gasteiger partial charge in [0.05, 0.1) is 0 Å². The predicted octanol–water partition coefficient (Wildman–Crippen LogP) is 3.48. The highest BCUT2D eigenvalue weighted by molar-refractivity contribution is 14.1. The van der Waals surface area contributed by atoms with Crippen molar-refractivity contribution in [2.75, 3.05) is 17.7 Å². The van der Waals surface area contributed by atoms with Gasteiger partial charge < -0.3 is 10.6 Å². The quantitative estimate of drug-likeness (QED) is 0.829. The predicted molar refractivity (Wildman–Crippen MR) is 83.5 cm³/mol. The minimum atomic E-state index is 0.748. The van der Waals surface area contributed by atoms with Crippen molar-refractivity contribution in [3.63, 3.8) is 0 Å². The molecule has 0 atom stereocenters. The van der Waals surface area contributed by atoms with Crippen LogP contribution in [0.25, 0.3) is 0 Å². The topological polar surface area (TPSA) is 49.8 Å². The monoisotopic (exact) mass is 354 g/mol. The number of halogens is 1. The Labute approximate surface area is 120 Å². The Morgan fingerprint density at radius 3 is 2.50 bits per heavy atom. The van der Waals surface area contributed by atoms with Gasteiger partial charge >= 0.3 is 0 Å². The Hall–Kier alpha value is -1.37. The van der Waals surface area contributed by atoms with E-state index in [1.165, 1.54) is 3.57 Å². The van der Waals surface area contributed by atoms with Crippen LogP contribution in [0.3, 0.4) is 0 Å². The van der Waals surface area contributed by atoms with Gasteiger partial charge in [-0.25, -0.2) is 9.97 Å². The lowest BCUT2D eigenvalue weighted by atomic mass is 10.2. The first-order chi connectivity index (χ1) is 8.60. The summed E-state index contributed by atoms with van der Waals surface area (Å²) in [5, 5.41) is 6.41. The van der Waals surface area contributed by atoms with E-state index in [4.69, 9.17) is 0 Å². The molecule has 18 heavy (non-hydrogen) atoms. The van der Waals surface area contributed by atoms with Crippen molar-refractivity contribution >= 4 is 39.9 Å². The van der Waals surface area contributed by atoms with Crippen molar-refractivity contribution in [3.05, 3.63) is 39.2 Å². The lowest BCUT2D eigenvalue weighted by Gasteiger charge is -2.12. The van der Waals surface area contributed by atoms with Gasteiger partial charge in [0.2, 0.25) is 0 Å². The molecule has 94 valence electrons. The number of aryl methyl sites for hydroxylation is 1. The summed E-state index contributed by atoms with van der Waals surface area (Å²) in [6.07, 6.45) is 0. The number of aromatic nitrogens is 2. The van der Waals surface area contributed by atoms with Gasteiger partial charge in [0.1, 0.15) is 17.5 Å². The molecule has 0 saturated carbocycles. The molecular weight excluding hydrogens is 339 g/mol. The average molecular weight is 354 g/mol. The zero-order valence-corrected chi connectivity index (χ0v) is 12.7. The summed E-state index contributed by atoms with van der Waals surface area (Å²) in [7, 11) is 1.87. The minimum Gasteiger partial charge on any atom is -0.373 e. The lowest BCUT2D eigenvalue weighted by molar-refractivity contribution is 1.04. The summed E-state index contributed by atoms with van der Waals surface area (Å²) in [5.74, 6) is 2.45. The van der Waals surface area contributed by atoms with Crippen LogP contribution in [-0.4, -0.2) is 17.0 Å². The number of hydrogen-bond donors (Lipinski definition) is 2. The number of anilines is 3. The van der Waals surface area contributed by atoms with E-state index in [1.54, 1.807) is 0 Å². The van der Waals surface area contributed by atoms with Crippen LogP contribution in [0.4, 0.5) is 17.3 Å². The van der Waals surface area contributed by atoms with Crippen molar-refractivity contribution in [2.24, 2.45) is 0 Å². The van der Waals surface area contributed by atoms with Crippen LogP contribution in [0, 0.1) is 17.4 Å². The van der Waals surface area contributed by atoms with Crippen LogP contribution in [-0.2, 0) is 0 Å². The lowest BCUT2D eigenvalue weighted by Crippen LogP contribution is -2.05. The van der Waals surface area contributed by atoms with Crippen molar-refractivity contribution in [1.29, 1.82) is 0 Å². The van der Waals surface area contributed by atoms with Crippen molar-refractivity contribution in [2.45, 2.75) is 13.8 Å². The van der Waals surface area contributed by atoms with Gasteiger partial charge in [0, 0.05) is 21.9 Å². The Balaban J connectivity index is 2.37. The van der Waals surface area contributed by atoms with Crippen LogP contribution >= 0.6 is 22.6 Å². The standard InChI is InChI=1S/C13H15IN4/c1-8-12(15-3)16-9(2)17-13(8)18-11-6-4-5-10(14)7-11/h4-7H,1-3H3,(H2,15,16,17,18). The maximum Gasteiger partial charge on any atom is 0.139 e. The van der Waals surface area contributed by atoms with E-state index in [2.05, 4.69) is 55.3 Å². The summed E-state index contributed by atoms with van der Waals surface area (Å²) in [5.41, 5.74) is 2.05. The molecule has 0 amide bonds. The van der Waals surface area contributed by atoms with Gasteiger partial charge in [-0.15, -0.1) is 0 Å². The molecule has 2 rings (SSSR count). The third-order valence-electron chi connectivity index (χ3n) is 2.58. The molecule has 0 aliphatic heterocycles. The maximum absolute atomic E-state index is 4.44. The van der Waals surface area contributed by atoms with E-state index >= 15 is 0 Å². The highest BCUT2D eigenvalue weighted by Gasteiger charge is 2.08. The molecule has 1 heterocycles. The van der Waals surface area contributed by atoms with E-state index in [1.807, 2.05) is 33.0 Å². The Kier molecular flexibility index (Phi) is 4.00. The van der Waals surface area contributed by atoms with E-state index in [-0.39, 0.29) is 0 Å². The molecule has 0 saturated heterocycles. The molecule has 0 bridgehead atoms. The van der Waals surface area contributed by atoms with Crippen molar-refractivity contribution < 1.29 is 0 Å². The van der Waals surface area contributed by atoms with Gasteiger partial charge in [-0.3, -0.25) is 0 Å². The molecule has 4 nitrogen and oxygen atoms in total. The molecule has 0 radical (unpaired) electrons. The summed E-state index contributed by atoms with van der Waals surface area (Å²) >= 11 is 2.29. The maximum atomic E-state index is 4.44. The highest BCUT2D eigenvalue weighted by Crippen LogP contribution is 2.23. The molecule has 0 aliphatic rings. The first kappa shape index (κ1) is 13.1. The fourth-order valence-electron chi connectivity index (χ4n) is 1.70. The summed E-state index contributed by atoms with van der Waals surface area (Å²) in [4.78, 5) is 8.79. The second kappa shape index (κ2) is 5.51. The largest absolute Gasteiger partial charge is 0.373 e. The molecule has 0 unspecified atom stereocenters. The average Bonchev–Trinajstić information content (AvgIpc) is 2.33. The number of hydrogen-bond acceptors (Lipinski definition) is 4. The van der Waals surface area contributed by atoms with Gasteiger partial charge in [-0.2, -0.15) is 0 Å². The Bertz CT molecular complexity index is 569. The molecular formula is C13H15IN4. The molecule has 5 heteroatoms. The SMILES string of the molecule is CNc1nc(C)nc(Nc2cccc(I)c2)c1C. The van der Waals surface area contributed by atoms with Gasteiger partial charge in [0.15, 0.2) is 0 Å². The van der Waals surface area contributed by atoms with Gasteiger partial charge in [-0.1, -0.05) is 6.07 Å². The first-order valence-corrected chi connectivity index (χ1v) is 6.73. The highest BCUT2D eigenvalue weighted by atomic mass is 127. The van der Waals surface area contributed by atoms with E-state index < -0.39 is 0 Å². The van der Waals surface area contributed by atoms with Crippen LogP contribution in [0.15, 0.2) is 24.3 Å². The fraction of sp³-hybridized carbons (Fsp3) is 0.231. The van der Waals surface area contributed by atoms with E-state index in [9.17, 15) is 0 Å². The van der Waals surface area contributed by atoms with Crippen LogP contribution < -0.4 is 10.6 Å². The number of benzene rings is 1. The first-order valence-electron chi connectivity index (χ1n) is 5.65. The molecule has 0 spiro atoms. The third-order valence-corrected chi connectivity index (χ3v) is 3.25. The molecule has 2 aromatic rings. The molecule has 1 aromatic heterocycles. The van der Waals surface area contributed by atoms with Gasteiger partial charge in [-0.05, 0) is 54.6 Å². The zero-order valence-electron chi connectivity index (χ0n) is 10.6. The fourth-order valence-corrected chi connectivity index (χ4v) is 2.24. The van der Waals surface area contributed by atoms with Crippen molar-refractivity contribution in [1.82, 2.24) is 9.97 Å². The summed E-state index contributed by atoms with van der Waals surface area (Å²) in [6.45, 7) is 3.89. The molecule has 2 N–H and O–H groups in total. The summed E-state index contributed by atoms with van der Waals surface area (Å²) < 4.78 is 1.19. The van der Waals surface area contributed by atoms with E-state index in [0.717, 1.165) is 28.7 Å². The molecule has 0 fully saturated rings. The van der Waals surface area contributed by atoms with Crippen molar-refractivity contribution in [3.8, 4) is 0 Å².